The van der Waals surface area contributed by atoms with E-state index in [0.29, 0.717) is 0 Å². The molecule has 2 aromatic carbocycles. The lowest BCUT2D eigenvalue weighted by molar-refractivity contribution is 0.0636. The molecule has 0 radical (unpaired) electrons. The predicted molar refractivity (Wildman–Crippen MR) is 117 cm³/mol. The number of carbonyl (C=O) groups is 1. The molecule has 1 unspecified atom stereocenters. The summed E-state index contributed by atoms with van der Waals surface area (Å²) in [5.74, 6) is 0. The van der Waals surface area contributed by atoms with E-state index in [-0.39, 0.29) is 6.04 Å². The van der Waals surface area contributed by atoms with E-state index < -0.39 is 11.7 Å². The van der Waals surface area contributed by atoms with Gasteiger partial charge in [0.25, 0.3) is 0 Å². The first-order chi connectivity index (χ1) is 13.2. The van der Waals surface area contributed by atoms with Gasteiger partial charge in [-0.3, -0.25) is 10.2 Å². The van der Waals surface area contributed by atoms with Gasteiger partial charge in [0.15, 0.2) is 0 Å². The summed E-state index contributed by atoms with van der Waals surface area (Å²) in [5.41, 5.74) is 3.79. The molecule has 2 rings (SSSR count). The van der Waals surface area contributed by atoms with Crippen LogP contribution in [0.5, 0.6) is 0 Å². The lowest BCUT2D eigenvalue weighted by Gasteiger charge is -2.30. The van der Waals surface area contributed by atoms with Gasteiger partial charge in [-0.2, -0.15) is 0 Å². The average molecular weight is 383 g/mol. The Labute approximate surface area is 169 Å². The van der Waals surface area contributed by atoms with Crippen molar-refractivity contribution >= 4 is 11.8 Å². The van der Waals surface area contributed by atoms with Crippen LogP contribution in [0.25, 0.3) is 0 Å². The maximum atomic E-state index is 12.2. The third-order valence-electron chi connectivity index (χ3n) is 4.67. The Morgan fingerprint density at radius 3 is 2.43 bits per heavy atom. The van der Waals surface area contributed by atoms with Crippen LogP contribution in [0.3, 0.4) is 0 Å². The van der Waals surface area contributed by atoms with Gasteiger partial charge in [-0.15, -0.1) is 0 Å². The molecule has 0 spiro atoms. The molecule has 0 saturated carbocycles. The van der Waals surface area contributed by atoms with Gasteiger partial charge in [0, 0.05) is 18.3 Å². The fourth-order valence-electron chi connectivity index (χ4n) is 3.17. The Morgan fingerprint density at radius 2 is 1.82 bits per heavy atom. The zero-order chi connectivity index (χ0) is 20.7. The summed E-state index contributed by atoms with van der Waals surface area (Å²) in [4.78, 5) is 14.7. The van der Waals surface area contributed by atoms with Gasteiger partial charge in [0.05, 0.1) is 0 Å². The molecule has 0 aliphatic carbocycles. The van der Waals surface area contributed by atoms with Gasteiger partial charge < -0.3 is 4.74 Å². The lowest BCUT2D eigenvalue weighted by atomic mass is 10.0. The molecular weight excluding hydrogens is 348 g/mol. The van der Waals surface area contributed by atoms with Crippen molar-refractivity contribution in [3.63, 3.8) is 0 Å². The smallest absolute Gasteiger partial charge is 0.412 e. The van der Waals surface area contributed by atoms with Gasteiger partial charge in [-0.05, 0) is 70.3 Å². The van der Waals surface area contributed by atoms with E-state index in [4.69, 9.17) is 4.74 Å². The largest absolute Gasteiger partial charge is 0.444 e. The molecular formula is C24H34N2O2. The molecule has 0 saturated heterocycles. The van der Waals surface area contributed by atoms with E-state index in [1.807, 2.05) is 33.8 Å². The first kappa shape index (κ1) is 22.0. The van der Waals surface area contributed by atoms with Gasteiger partial charge in [-0.25, -0.2) is 4.79 Å². The number of ether oxygens (including phenoxy) is 1. The van der Waals surface area contributed by atoms with Crippen LogP contribution in [0.2, 0.25) is 0 Å². The van der Waals surface area contributed by atoms with E-state index >= 15 is 0 Å². The topological polar surface area (TPSA) is 41.6 Å². The SMILES string of the molecule is CCCN(Cc1ccccc1)C(C)c1ccc(C)c(NC(=O)OC(C)(C)C)c1. The number of amides is 1. The van der Waals surface area contributed by atoms with Crippen molar-refractivity contribution in [2.75, 3.05) is 11.9 Å². The van der Waals surface area contributed by atoms with Crippen molar-refractivity contribution in [2.24, 2.45) is 0 Å². The number of hydrogen-bond acceptors (Lipinski definition) is 3. The van der Waals surface area contributed by atoms with Crippen LogP contribution < -0.4 is 5.32 Å². The number of nitrogens with zero attached hydrogens (tertiary/aromatic N) is 1. The highest BCUT2D eigenvalue weighted by Gasteiger charge is 2.19. The fraction of sp³-hybridized carbons (Fsp3) is 0.458. The summed E-state index contributed by atoms with van der Waals surface area (Å²) in [6.45, 7) is 13.9. The minimum atomic E-state index is -0.517. The Morgan fingerprint density at radius 1 is 1.14 bits per heavy atom. The standard InChI is InChI=1S/C24H34N2O2/c1-7-15-26(17-20-11-9-8-10-12-20)19(3)21-14-13-18(2)22(16-21)25-23(27)28-24(4,5)6/h8-14,16,19H,7,15,17H2,1-6H3,(H,25,27). The number of rotatable bonds is 7. The Bertz CT molecular complexity index is 766. The van der Waals surface area contributed by atoms with Crippen LogP contribution >= 0.6 is 0 Å². The molecule has 0 aliphatic rings. The monoisotopic (exact) mass is 382 g/mol. The maximum Gasteiger partial charge on any atom is 0.412 e. The summed E-state index contributed by atoms with van der Waals surface area (Å²) in [5, 5.41) is 2.90. The van der Waals surface area contributed by atoms with E-state index in [1.54, 1.807) is 0 Å². The predicted octanol–water partition coefficient (Wildman–Crippen LogP) is 6.32. The van der Waals surface area contributed by atoms with Crippen molar-refractivity contribution in [1.29, 1.82) is 0 Å². The highest BCUT2D eigenvalue weighted by Crippen LogP contribution is 2.27. The van der Waals surface area contributed by atoms with E-state index in [1.165, 1.54) is 11.1 Å². The minimum absolute atomic E-state index is 0.236. The van der Waals surface area contributed by atoms with Crippen molar-refractivity contribution in [3.05, 3.63) is 65.2 Å². The number of anilines is 1. The van der Waals surface area contributed by atoms with Crippen molar-refractivity contribution in [1.82, 2.24) is 4.90 Å². The quantitative estimate of drug-likeness (QED) is 0.609. The lowest BCUT2D eigenvalue weighted by Crippen LogP contribution is -2.28. The zero-order valence-corrected chi connectivity index (χ0v) is 18.1. The van der Waals surface area contributed by atoms with Crippen molar-refractivity contribution < 1.29 is 9.53 Å². The van der Waals surface area contributed by atoms with Crippen LogP contribution in [0, 0.1) is 6.92 Å². The number of nitrogens with one attached hydrogen (secondary N) is 1. The first-order valence-corrected chi connectivity index (χ1v) is 10.1. The van der Waals surface area contributed by atoms with Crippen LogP contribution in [0.1, 0.15) is 63.8 Å². The average Bonchev–Trinajstić information content (AvgIpc) is 2.62. The summed E-state index contributed by atoms with van der Waals surface area (Å²) in [6.07, 6.45) is 0.668. The Kier molecular flexibility index (Phi) is 7.64. The molecule has 4 nitrogen and oxygen atoms in total. The van der Waals surface area contributed by atoms with E-state index in [0.717, 1.165) is 30.8 Å². The highest BCUT2D eigenvalue weighted by molar-refractivity contribution is 5.86. The Hall–Kier alpha value is -2.33. The number of benzene rings is 2. The molecule has 2 aromatic rings. The Balaban J connectivity index is 2.18. The molecule has 152 valence electrons. The second-order valence-corrected chi connectivity index (χ2v) is 8.33. The molecule has 0 fully saturated rings. The molecule has 1 amide bonds. The number of carbonyl (C=O) groups excluding carboxylic acids is 1. The summed E-state index contributed by atoms with van der Waals surface area (Å²) >= 11 is 0. The van der Waals surface area contributed by atoms with Gasteiger partial charge >= 0.3 is 6.09 Å². The van der Waals surface area contributed by atoms with Crippen LogP contribution in [-0.2, 0) is 11.3 Å². The molecule has 1 atom stereocenters. The van der Waals surface area contributed by atoms with E-state index in [2.05, 4.69) is 66.5 Å². The number of hydrogen-bond donors (Lipinski definition) is 1. The van der Waals surface area contributed by atoms with Crippen molar-refractivity contribution in [2.45, 2.75) is 66.2 Å². The first-order valence-electron chi connectivity index (χ1n) is 10.1. The normalized spacial score (nSPS) is 12.7. The van der Waals surface area contributed by atoms with Crippen LogP contribution in [0.4, 0.5) is 10.5 Å². The highest BCUT2D eigenvalue weighted by atomic mass is 16.6. The zero-order valence-electron chi connectivity index (χ0n) is 18.1. The maximum absolute atomic E-state index is 12.2. The minimum Gasteiger partial charge on any atom is -0.444 e. The number of aryl methyl sites for hydroxylation is 1. The molecule has 0 aromatic heterocycles. The second kappa shape index (κ2) is 9.74. The molecule has 0 bridgehead atoms. The summed E-state index contributed by atoms with van der Waals surface area (Å²) in [6, 6.07) is 17.1. The summed E-state index contributed by atoms with van der Waals surface area (Å²) < 4.78 is 5.40. The van der Waals surface area contributed by atoms with Crippen LogP contribution in [0.15, 0.2) is 48.5 Å². The molecule has 0 heterocycles. The van der Waals surface area contributed by atoms with Crippen LogP contribution in [-0.4, -0.2) is 23.1 Å². The second-order valence-electron chi connectivity index (χ2n) is 8.33. The molecule has 0 aliphatic heterocycles. The summed E-state index contributed by atoms with van der Waals surface area (Å²) in [7, 11) is 0. The third kappa shape index (κ3) is 6.68. The van der Waals surface area contributed by atoms with Crippen molar-refractivity contribution in [3.8, 4) is 0 Å². The van der Waals surface area contributed by atoms with Gasteiger partial charge in [-0.1, -0.05) is 49.4 Å². The van der Waals surface area contributed by atoms with E-state index in [9.17, 15) is 4.79 Å². The molecule has 28 heavy (non-hydrogen) atoms. The molecule has 4 heteroatoms. The fourth-order valence-corrected chi connectivity index (χ4v) is 3.17. The van der Waals surface area contributed by atoms with Gasteiger partial charge in [0.2, 0.25) is 0 Å². The van der Waals surface area contributed by atoms with Gasteiger partial charge in [0.1, 0.15) is 5.60 Å². The third-order valence-corrected chi connectivity index (χ3v) is 4.67. The molecule has 1 N–H and O–H groups in total.